The van der Waals surface area contributed by atoms with Crippen LogP contribution in [0.5, 0.6) is 0 Å². The molecule has 4 fully saturated rings. The van der Waals surface area contributed by atoms with Gasteiger partial charge in [0.1, 0.15) is 0 Å². The first-order valence-corrected chi connectivity index (χ1v) is 7.45. The summed E-state index contributed by atoms with van der Waals surface area (Å²) in [6.07, 6.45) is 13.7. The lowest BCUT2D eigenvalue weighted by atomic mass is 9.59. The largest absolute Gasteiger partial charge is 0.347 e. The maximum Gasteiger partial charge on any atom is 0.172 e. The summed E-state index contributed by atoms with van der Waals surface area (Å²) in [4.78, 5) is 0. The van der Waals surface area contributed by atoms with Crippen LogP contribution in [-0.4, -0.2) is 19.0 Å². The van der Waals surface area contributed by atoms with Crippen LogP contribution in [0.4, 0.5) is 0 Å². The first kappa shape index (κ1) is 9.33. The van der Waals surface area contributed by atoms with Crippen LogP contribution < -0.4 is 0 Å². The van der Waals surface area contributed by atoms with E-state index in [9.17, 15) is 0 Å². The smallest absolute Gasteiger partial charge is 0.172 e. The molecule has 6 unspecified atom stereocenters. The van der Waals surface area contributed by atoms with Gasteiger partial charge in [0, 0.05) is 12.3 Å². The van der Waals surface area contributed by atoms with Crippen molar-refractivity contribution in [2.75, 3.05) is 13.2 Å². The minimum Gasteiger partial charge on any atom is -0.347 e. The third-order valence-electron chi connectivity index (χ3n) is 7.28. The average molecular weight is 242 g/mol. The van der Waals surface area contributed by atoms with Gasteiger partial charge in [-0.05, 0) is 41.4 Å². The van der Waals surface area contributed by atoms with E-state index in [1.807, 2.05) is 0 Å². The van der Waals surface area contributed by atoms with Gasteiger partial charge in [-0.2, -0.15) is 0 Å². The Hall–Kier alpha value is -0.600. The van der Waals surface area contributed by atoms with Gasteiger partial charge >= 0.3 is 0 Å². The van der Waals surface area contributed by atoms with Gasteiger partial charge in [-0.25, -0.2) is 0 Å². The number of rotatable bonds is 0. The van der Waals surface area contributed by atoms with Crippen LogP contribution in [-0.2, 0) is 9.47 Å². The van der Waals surface area contributed by atoms with Gasteiger partial charge in [0.2, 0.25) is 0 Å². The van der Waals surface area contributed by atoms with Crippen LogP contribution in [0.25, 0.3) is 0 Å². The fourth-order valence-corrected chi connectivity index (χ4v) is 7.02. The zero-order valence-electron chi connectivity index (χ0n) is 10.5. The number of allylic oxidation sites excluding steroid dienone is 4. The van der Waals surface area contributed by atoms with Crippen molar-refractivity contribution in [2.24, 2.45) is 34.5 Å². The quantitative estimate of drug-likeness (QED) is 0.608. The van der Waals surface area contributed by atoms with E-state index >= 15 is 0 Å². The minimum absolute atomic E-state index is 0.191. The second-order valence-corrected chi connectivity index (χ2v) is 7.25. The highest BCUT2D eigenvalue weighted by Gasteiger charge is 2.90. The van der Waals surface area contributed by atoms with Gasteiger partial charge in [-0.3, -0.25) is 0 Å². The van der Waals surface area contributed by atoms with Gasteiger partial charge in [-0.15, -0.1) is 0 Å². The van der Waals surface area contributed by atoms with Gasteiger partial charge in [-0.1, -0.05) is 24.3 Å². The van der Waals surface area contributed by atoms with Crippen molar-refractivity contribution in [1.82, 2.24) is 0 Å². The molecule has 3 saturated carbocycles. The highest BCUT2D eigenvalue weighted by molar-refractivity contribution is 5.45. The van der Waals surface area contributed by atoms with Crippen molar-refractivity contribution < 1.29 is 9.47 Å². The first-order valence-electron chi connectivity index (χ1n) is 7.45. The average Bonchev–Trinajstić information content (AvgIpc) is 2.73. The summed E-state index contributed by atoms with van der Waals surface area (Å²) >= 11 is 0. The fourth-order valence-electron chi connectivity index (χ4n) is 7.02. The molecule has 0 aromatic carbocycles. The zero-order chi connectivity index (χ0) is 11.6. The molecule has 18 heavy (non-hydrogen) atoms. The number of hydrogen-bond acceptors (Lipinski definition) is 2. The van der Waals surface area contributed by atoms with Gasteiger partial charge < -0.3 is 9.47 Å². The van der Waals surface area contributed by atoms with E-state index in [0.717, 1.165) is 37.4 Å². The van der Waals surface area contributed by atoms with Crippen molar-refractivity contribution in [3.63, 3.8) is 0 Å². The Morgan fingerprint density at radius 2 is 1.67 bits per heavy atom. The second kappa shape index (κ2) is 2.38. The molecule has 6 bridgehead atoms. The Morgan fingerprint density at radius 1 is 0.889 bits per heavy atom. The molecule has 1 heterocycles. The molecule has 2 nitrogen and oxygen atoms in total. The fraction of sp³-hybridized carbons (Fsp3) is 0.750. The van der Waals surface area contributed by atoms with Crippen LogP contribution in [0.3, 0.4) is 0 Å². The molecule has 94 valence electrons. The second-order valence-electron chi connectivity index (χ2n) is 7.25. The summed E-state index contributed by atoms with van der Waals surface area (Å²) in [5.41, 5.74) is 1.10. The van der Waals surface area contributed by atoms with Gasteiger partial charge in [0.05, 0.1) is 13.2 Å². The van der Waals surface area contributed by atoms with E-state index < -0.39 is 0 Å². The minimum atomic E-state index is -0.191. The molecule has 0 aromatic rings. The monoisotopic (exact) mass is 242 g/mol. The van der Waals surface area contributed by atoms with Crippen LogP contribution in [0.2, 0.25) is 0 Å². The van der Waals surface area contributed by atoms with Crippen molar-refractivity contribution in [3.05, 3.63) is 24.3 Å². The topological polar surface area (TPSA) is 18.5 Å². The predicted octanol–water partition coefficient (Wildman–Crippen LogP) is 2.52. The summed E-state index contributed by atoms with van der Waals surface area (Å²) in [5, 5.41) is 0. The molecule has 3 spiro atoms. The number of hydrogen-bond donors (Lipinski definition) is 0. The van der Waals surface area contributed by atoms with E-state index in [2.05, 4.69) is 24.3 Å². The standard InChI is InChI=1S/C16H18O2/c1-2-6-15-11-4-3-10-13(12(11)15)16(17-7-8-18-16)9-14(10,15)5-1/h1-4,10-13H,5-9H2. The maximum absolute atomic E-state index is 6.15. The molecule has 0 radical (unpaired) electrons. The number of ether oxygens (including phenoxy) is 2. The molecule has 1 saturated heterocycles. The van der Waals surface area contributed by atoms with Crippen LogP contribution in [0, 0.1) is 34.5 Å². The molecule has 6 aliphatic carbocycles. The highest BCUT2D eigenvalue weighted by Crippen LogP contribution is 2.92. The Balaban J connectivity index is 1.61. The Kier molecular flexibility index (Phi) is 1.23. The van der Waals surface area contributed by atoms with Crippen molar-refractivity contribution in [1.29, 1.82) is 0 Å². The first-order chi connectivity index (χ1) is 8.84. The summed E-state index contributed by atoms with van der Waals surface area (Å²) in [5.74, 6) is 2.91. The van der Waals surface area contributed by atoms with Crippen LogP contribution >= 0.6 is 0 Å². The van der Waals surface area contributed by atoms with E-state index in [4.69, 9.17) is 9.47 Å². The third kappa shape index (κ3) is 0.626. The molecule has 7 aliphatic rings. The van der Waals surface area contributed by atoms with Crippen molar-refractivity contribution >= 4 is 0 Å². The molecule has 2 heteroatoms. The summed E-state index contributed by atoms with van der Waals surface area (Å²) in [6, 6.07) is 0. The van der Waals surface area contributed by atoms with Crippen LogP contribution in [0.15, 0.2) is 24.3 Å². The third-order valence-corrected chi connectivity index (χ3v) is 7.28. The molecule has 0 amide bonds. The molecular formula is C16H18O2. The summed E-state index contributed by atoms with van der Waals surface area (Å²) < 4.78 is 12.3. The van der Waals surface area contributed by atoms with E-state index in [1.165, 1.54) is 12.8 Å². The van der Waals surface area contributed by atoms with E-state index in [-0.39, 0.29) is 5.79 Å². The zero-order valence-corrected chi connectivity index (χ0v) is 10.5. The maximum atomic E-state index is 6.15. The predicted molar refractivity (Wildman–Crippen MR) is 65.6 cm³/mol. The van der Waals surface area contributed by atoms with E-state index in [0.29, 0.717) is 16.7 Å². The molecule has 7 rings (SSSR count). The lowest BCUT2D eigenvalue weighted by Gasteiger charge is -2.45. The van der Waals surface area contributed by atoms with E-state index in [1.54, 1.807) is 0 Å². The van der Waals surface area contributed by atoms with Gasteiger partial charge in [0.15, 0.2) is 5.79 Å². The molecule has 0 aromatic heterocycles. The lowest BCUT2D eigenvalue weighted by Crippen LogP contribution is -2.43. The molecule has 0 N–H and O–H groups in total. The molecular weight excluding hydrogens is 224 g/mol. The van der Waals surface area contributed by atoms with Gasteiger partial charge in [0.25, 0.3) is 0 Å². The highest BCUT2D eigenvalue weighted by atomic mass is 16.7. The van der Waals surface area contributed by atoms with Crippen molar-refractivity contribution in [2.45, 2.75) is 25.0 Å². The SMILES string of the molecule is C1=CCC23C4C=CC5C(C42)C2(CC53C1)OCCO2. The lowest BCUT2D eigenvalue weighted by molar-refractivity contribution is -0.204. The Labute approximate surface area is 107 Å². The molecule has 1 aliphatic heterocycles. The van der Waals surface area contributed by atoms with Crippen LogP contribution in [0.1, 0.15) is 19.3 Å². The Morgan fingerprint density at radius 3 is 2.56 bits per heavy atom. The summed E-state index contributed by atoms with van der Waals surface area (Å²) in [7, 11) is 0. The summed E-state index contributed by atoms with van der Waals surface area (Å²) in [6.45, 7) is 1.62. The normalized spacial score (nSPS) is 63.6. The van der Waals surface area contributed by atoms with Crippen molar-refractivity contribution in [3.8, 4) is 0 Å². The molecule has 6 atom stereocenters. The Bertz CT molecular complexity index is 515.